The number of aryl methyl sites for hydroxylation is 1. The van der Waals surface area contributed by atoms with E-state index in [0.717, 1.165) is 66.9 Å². The number of likely N-dealkylation sites (tertiary alicyclic amines) is 2. The maximum Gasteiger partial charge on any atom is 0.253 e. The molecule has 37 heavy (non-hydrogen) atoms. The van der Waals surface area contributed by atoms with Crippen molar-refractivity contribution in [3.05, 3.63) is 83.2 Å². The molecule has 6 heteroatoms. The van der Waals surface area contributed by atoms with Gasteiger partial charge >= 0.3 is 0 Å². The van der Waals surface area contributed by atoms with Gasteiger partial charge in [-0.1, -0.05) is 30.4 Å². The fraction of sp³-hybridized carbons (Fsp3) is 0.484. The van der Waals surface area contributed by atoms with E-state index in [9.17, 15) is 4.79 Å². The summed E-state index contributed by atoms with van der Waals surface area (Å²) in [6, 6.07) is 14.6. The van der Waals surface area contributed by atoms with Crippen LogP contribution in [-0.4, -0.2) is 65.1 Å². The highest BCUT2D eigenvalue weighted by Crippen LogP contribution is 2.25. The summed E-state index contributed by atoms with van der Waals surface area (Å²) in [6.45, 7) is 6.56. The maximum atomic E-state index is 13.2. The van der Waals surface area contributed by atoms with Gasteiger partial charge in [-0.25, -0.2) is 0 Å². The molecule has 0 radical (unpaired) electrons. The van der Waals surface area contributed by atoms with Gasteiger partial charge in [-0.2, -0.15) is 0 Å². The molecular formula is C31H40N4O2. The van der Waals surface area contributed by atoms with Crippen molar-refractivity contribution in [3.63, 3.8) is 0 Å². The number of piperidine rings is 1. The first kappa shape index (κ1) is 25.8. The number of benzene rings is 1. The molecule has 2 atom stereocenters. The number of allylic oxidation sites excluding steroid dienone is 3. The second-order valence-electron chi connectivity index (χ2n) is 10.7. The number of hydrogen-bond acceptors (Lipinski definition) is 5. The van der Waals surface area contributed by atoms with E-state index in [-0.39, 0.29) is 18.1 Å². The standard InChI is InChI=1S/C31H40N4O2/c1-23-7-6-9-27(33-23)22-37-30-21-26(8-2-3-10-29(30)32)24-11-13-25(14-12-24)31(36)35-19-15-28(16-20-35)34-17-4-5-18-34/h2,6-9,11-14,21,28-30H,3-5,10,15-20,22,32H2,1H3/b8-2-,26-21+. The van der Waals surface area contributed by atoms with Gasteiger partial charge in [0.2, 0.25) is 0 Å². The Balaban J connectivity index is 1.24. The van der Waals surface area contributed by atoms with Gasteiger partial charge in [0.05, 0.1) is 18.4 Å². The lowest BCUT2D eigenvalue weighted by atomic mass is 9.95. The molecule has 196 valence electrons. The average molecular weight is 501 g/mol. The van der Waals surface area contributed by atoms with Gasteiger partial charge in [0.1, 0.15) is 0 Å². The van der Waals surface area contributed by atoms with Crippen LogP contribution in [0.3, 0.4) is 0 Å². The fourth-order valence-electron chi connectivity index (χ4n) is 5.77. The van der Waals surface area contributed by atoms with Crippen molar-refractivity contribution in [2.24, 2.45) is 5.73 Å². The fourth-order valence-corrected chi connectivity index (χ4v) is 5.77. The number of carbonyl (C=O) groups is 1. The quantitative estimate of drug-likeness (QED) is 0.621. The minimum atomic E-state index is -0.208. The van der Waals surface area contributed by atoms with Gasteiger partial charge in [0, 0.05) is 36.4 Å². The van der Waals surface area contributed by atoms with Crippen LogP contribution >= 0.6 is 0 Å². The highest BCUT2D eigenvalue weighted by Gasteiger charge is 2.28. The van der Waals surface area contributed by atoms with Gasteiger partial charge in [0.25, 0.3) is 5.91 Å². The largest absolute Gasteiger partial charge is 0.366 e. The number of ether oxygens (including phenoxy) is 1. The van der Waals surface area contributed by atoms with E-state index < -0.39 is 0 Å². The smallest absolute Gasteiger partial charge is 0.253 e. The number of carbonyl (C=O) groups excluding carboxylic acids is 1. The summed E-state index contributed by atoms with van der Waals surface area (Å²) in [7, 11) is 0. The van der Waals surface area contributed by atoms with E-state index in [4.69, 9.17) is 10.5 Å². The molecule has 0 saturated carbocycles. The summed E-state index contributed by atoms with van der Waals surface area (Å²) in [5, 5.41) is 0. The predicted molar refractivity (Wildman–Crippen MR) is 148 cm³/mol. The monoisotopic (exact) mass is 500 g/mol. The molecule has 2 aromatic rings. The van der Waals surface area contributed by atoms with Crippen molar-refractivity contribution in [3.8, 4) is 0 Å². The molecule has 6 nitrogen and oxygen atoms in total. The van der Waals surface area contributed by atoms with E-state index in [1.165, 1.54) is 25.9 Å². The molecule has 0 bridgehead atoms. The summed E-state index contributed by atoms with van der Waals surface area (Å²) in [4.78, 5) is 22.4. The minimum Gasteiger partial charge on any atom is -0.366 e. The summed E-state index contributed by atoms with van der Waals surface area (Å²) in [5.41, 5.74) is 11.3. The van der Waals surface area contributed by atoms with Gasteiger partial charge < -0.3 is 20.3 Å². The van der Waals surface area contributed by atoms with Crippen molar-refractivity contribution in [2.45, 2.75) is 70.2 Å². The van der Waals surface area contributed by atoms with Crippen molar-refractivity contribution < 1.29 is 9.53 Å². The molecule has 2 aliphatic heterocycles. The van der Waals surface area contributed by atoms with E-state index in [2.05, 4.69) is 28.1 Å². The second-order valence-corrected chi connectivity index (χ2v) is 10.7. The summed E-state index contributed by atoms with van der Waals surface area (Å²) in [6.07, 6.45) is 12.8. The SMILES string of the molecule is Cc1cccc(COC2/C=C(c3ccc(C(=O)N4CCC(N5CCCC5)CC4)cc3)\C=C/CCC2N)n1. The number of pyridine rings is 1. The Bertz CT molecular complexity index is 1110. The average Bonchev–Trinajstić information content (AvgIpc) is 3.46. The molecule has 1 amide bonds. The van der Waals surface area contributed by atoms with Gasteiger partial charge in [-0.15, -0.1) is 0 Å². The molecule has 3 aliphatic rings. The van der Waals surface area contributed by atoms with E-state index in [1.54, 1.807) is 0 Å². The number of nitrogens with zero attached hydrogens (tertiary/aromatic N) is 3. The Morgan fingerprint density at radius 2 is 1.78 bits per heavy atom. The second kappa shape index (κ2) is 12.2. The van der Waals surface area contributed by atoms with Crippen LogP contribution in [0.4, 0.5) is 0 Å². The first-order valence-corrected chi connectivity index (χ1v) is 13.9. The van der Waals surface area contributed by atoms with E-state index in [1.807, 2.05) is 54.3 Å². The lowest BCUT2D eigenvalue weighted by Crippen LogP contribution is -2.45. The molecule has 1 aromatic heterocycles. The van der Waals surface area contributed by atoms with Crippen LogP contribution in [0.5, 0.6) is 0 Å². The van der Waals surface area contributed by atoms with Crippen molar-refractivity contribution in [2.75, 3.05) is 26.2 Å². The molecule has 1 aliphatic carbocycles. The molecule has 0 spiro atoms. The third-order valence-corrected chi connectivity index (χ3v) is 7.97. The lowest BCUT2D eigenvalue weighted by molar-refractivity contribution is 0.0516. The van der Waals surface area contributed by atoms with E-state index >= 15 is 0 Å². The van der Waals surface area contributed by atoms with Crippen molar-refractivity contribution in [1.82, 2.24) is 14.8 Å². The van der Waals surface area contributed by atoms with Crippen LogP contribution in [0, 0.1) is 6.92 Å². The summed E-state index contributed by atoms with van der Waals surface area (Å²) in [5.74, 6) is 0.141. The Morgan fingerprint density at radius 1 is 1.03 bits per heavy atom. The maximum absolute atomic E-state index is 13.2. The minimum absolute atomic E-state index is 0.0888. The summed E-state index contributed by atoms with van der Waals surface area (Å²) < 4.78 is 6.25. The van der Waals surface area contributed by atoms with Crippen molar-refractivity contribution >= 4 is 11.5 Å². The van der Waals surface area contributed by atoms with Gasteiger partial charge in [-0.3, -0.25) is 9.78 Å². The van der Waals surface area contributed by atoms with Crippen LogP contribution in [0.15, 0.2) is 60.7 Å². The first-order chi connectivity index (χ1) is 18.1. The Kier molecular flexibility index (Phi) is 8.49. The number of hydrogen-bond donors (Lipinski definition) is 1. The molecule has 1 aromatic carbocycles. The molecular weight excluding hydrogens is 460 g/mol. The zero-order chi connectivity index (χ0) is 25.6. The Labute approximate surface area is 221 Å². The van der Waals surface area contributed by atoms with Gasteiger partial charge in [-0.05, 0) is 100 Å². The van der Waals surface area contributed by atoms with Crippen LogP contribution < -0.4 is 5.73 Å². The number of nitrogens with two attached hydrogens (primary N) is 1. The third-order valence-electron chi connectivity index (χ3n) is 7.97. The van der Waals surface area contributed by atoms with Crippen LogP contribution in [0.25, 0.3) is 5.57 Å². The third kappa shape index (κ3) is 6.56. The Morgan fingerprint density at radius 3 is 2.51 bits per heavy atom. The first-order valence-electron chi connectivity index (χ1n) is 13.9. The molecule has 3 heterocycles. The zero-order valence-electron chi connectivity index (χ0n) is 22.0. The number of amides is 1. The van der Waals surface area contributed by atoms with Crippen LogP contribution in [0.1, 0.15) is 65.8 Å². The number of aromatic nitrogens is 1. The summed E-state index contributed by atoms with van der Waals surface area (Å²) >= 11 is 0. The molecule has 2 unspecified atom stereocenters. The van der Waals surface area contributed by atoms with E-state index in [0.29, 0.717) is 12.6 Å². The molecule has 2 fully saturated rings. The number of rotatable bonds is 6. The highest BCUT2D eigenvalue weighted by molar-refractivity contribution is 5.94. The van der Waals surface area contributed by atoms with Gasteiger partial charge in [0.15, 0.2) is 0 Å². The molecule has 2 N–H and O–H groups in total. The lowest BCUT2D eigenvalue weighted by Gasteiger charge is -2.36. The predicted octanol–water partition coefficient (Wildman–Crippen LogP) is 4.74. The molecule has 5 rings (SSSR count). The topological polar surface area (TPSA) is 71.7 Å². The van der Waals surface area contributed by atoms with Crippen molar-refractivity contribution in [1.29, 1.82) is 0 Å². The highest BCUT2D eigenvalue weighted by atomic mass is 16.5. The normalized spacial score (nSPS) is 25.8. The van der Waals surface area contributed by atoms with Crippen LogP contribution in [-0.2, 0) is 11.3 Å². The zero-order valence-corrected chi connectivity index (χ0v) is 22.0. The Hall–Kier alpha value is -2.80. The molecule has 2 saturated heterocycles. The van der Waals surface area contributed by atoms with Crippen LogP contribution in [0.2, 0.25) is 0 Å².